The first kappa shape index (κ1) is 9.78. The van der Waals surface area contributed by atoms with Gasteiger partial charge in [0.25, 0.3) is 0 Å². The molecule has 0 amide bonds. The second kappa shape index (κ2) is 4.18. The third kappa shape index (κ3) is 2.18. The number of carboxylic acids is 1. The Balaban J connectivity index is 2.29. The average molecular weight is 224 g/mol. The maximum atomic E-state index is 10.7. The number of carboxylic acid groups (broad SMARTS) is 1. The highest BCUT2D eigenvalue weighted by molar-refractivity contribution is 7.07. The van der Waals surface area contributed by atoms with E-state index in [1.54, 1.807) is 0 Å². The highest BCUT2D eigenvalue weighted by Crippen LogP contribution is 2.22. The molecule has 0 radical (unpaired) electrons. The fourth-order valence-electron chi connectivity index (χ4n) is 1.31. The van der Waals surface area contributed by atoms with Crippen LogP contribution in [-0.4, -0.2) is 31.3 Å². The Morgan fingerprint density at radius 2 is 2.53 bits per heavy atom. The second-order valence-electron chi connectivity index (χ2n) is 2.96. The minimum atomic E-state index is -0.873. The van der Waals surface area contributed by atoms with Gasteiger partial charge in [0.05, 0.1) is 12.5 Å². The lowest BCUT2D eigenvalue weighted by Gasteiger charge is -2.11. The number of hydrogen-bond donors (Lipinski definition) is 1. The van der Waals surface area contributed by atoms with E-state index in [-0.39, 0.29) is 12.5 Å². The first-order chi connectivity index (χ1) is 7.27. The summed E-state index contributed by atoms with van der Waals surface area (Å²) in [6.45, 7) is 0. The number of aromatic nitrogens is 4. The molecular formula is C8H8N4O2S. The highest BCUT2D eigenvalue weighted by Gasteiger charge is 2.18. The van der Waals surface area contributed by atoms with Crippen molar-refractivity contribution in [2.45, 2.75) is 12.5 Å². The van der Waals surface area contributed by atoms with Crippen molar-refractivity contribution in [2.24, 2.45) is 0 Å². The summed E-state index contributed by atoms with van der Waals surface area (Å²) in [7, 11) is 0. The van der Waals surface area contributed by atoms with Crippen LogP contribution in [0, 0.1) is 0 Å². The van der Waals surface area contributed by atoms with E-state index in [0.717, 1.165) is 5.56 Å². The van der Waals surface area contributed by atoms with Gasteiger partial charge in [-0.1, -0.05) is 0 Å². The Kier molecular flexibility index (Phi) is 2.72. The molecule has 0 bridgehead atoms. The number of tetrazole rings is 1. The van der Waals surface area contributed by atoms with E-state index in [9.17, 15) is 4.79 Å². The minimum absolute atomic E-state index is 0.0260. The predicted octanol–water partition coefficient (Wildman–Crippen LogP) is 0.799. The van der Waals surface area contributed by atoms with E-state index in [4.69, 9.17) is 5.11 Å². The van der Waals surface area contributed by atoms with E-state index in [1.807, 2.05) is 16.8 Å². The molecule has 0 aliphatic carbocycles. The molecule has 6 nitrogen and oxygen atoms in total. The van der Waals surface area contributed by atoms with Gasteiger partial charge in [0.2, 0.25) is 0 Å². The molecule has 0 saturated carbocycles. The molecule has 0 aromatic carbocycles. The molecule has 2 rings (SSSR count). The Labute approximate surface area is 89.2 Å². The molecule has 2 heterocycles. The number of rotatable bonds is 4. The summed E-state index contributed by atoms with van der Waals surface area (Å²) < 4.78 is 1.45. The van der Waals surface area contributed by atoms with E-state index in [1.165, 1.54) is 22.3 Å². The molecule has 1 N–H and O–H groups in total. The first-order valence-corrected chi connectivity index (χ1v) is 5.18. The van der Waals surface area contributed by atoms with Crippen molar-refractivity contribution in [2.75, 3.05) is 0 Å². The van der Waals surface area contributed by atoms with Crippen LogP contribution in [0.25, 0.3) is 0 Å². The molecule has 0 unspecified atom stereocenters. The van der Waals surface area contributed by atoms with E-state index < -0.39 is 5.97 Å². The van der Waals surface area contributed by atoms with Crippen LogP contribution in [-0.2, 0) is 4.79 Å². The van der Waals surface area contributed by atoms with Gasteiger partial charge in [-0.15, -0.1) is 5.10 Å². The van der Waals surface area contributed by atoms with Gasteiger partial charge in [-0.3, -0.25) is 4.79 Å². The Morgan fingerprint density at radius 3 is 3.07 bits per heavy atom. The SMILES string of the molecule is O=C(O)C[C@H](c1ccsc1)n1cnnn1. The summed E-state index contributed by atoms with van der Waals surface area (Å²) in [4.78, 5) is 10.7. The van der Waals surface area contributed by atoms with Crippen LogP contribution in [0.3, 0.4) is 0 Å². The fourth-order valence-corrected chi connectivity index (χ4v) is 2.01. The summed E-state index contributed by atoms with van der Waals surface area (Å²) in [5.41, 5.74) is 0.912. The van der Waals surface area contributed by atoms with Gasteiger partial charge in [0, 0.05) is 0 Å². The fraction of sp³-hybridized carbons (Fsp3) is 0.250. The van der Waals surface area contributed by atoms with Crippen molar-refractivity contribution >= 4 is 17.3 Å². The van der Waals surface area contributed by atoms with E-state index in [0.29, 0.717) is 0 Å². The summed E-state index contributed by atoms with van der Waals surface area (Å²) in [6.07, 6.45) is 1.40. The summed E-state index contributed by atoms with van der Waals surface area (Å²) in [5.74, 6) is -0.873. The maximum absolute atomic E-state index is 10.7. The van der Waals surface area contributed by atoms with Crippen molar-refractivity contribution < 1.29 is 9.90 Å². The van der Waals surface area contributed by atoms with Crippen LogP contribution in [0.15, 0.2) is 23.2 Å². The van der Waals surface area contributed by atoms with Gasteiger partial charge in [-0.05, 0) is 32.8 Å². The van der Waals surface area contributed by atoms with Gasteiger partial charge in [0.15, 0.2) is 0 Å². The lowest BCUT2D eigenvalue weighted by atomic mass is 10.1. The average Bonchev–Trinajstić information content (AvgIpc) is 2.87. The largest absolute Gasteiger partial charge is 0.481 e. The van der Waals surface area contributed by atoms with Gasteiger partial charge in [0.1, 0.15) is 6.33 Å². The second-order valence-corrected chi connectivity index (χ2v) is 3.74. The molecule has 78 valence electrons. The van der Waals surface area contributed by atoms with Crippen molar-refractivity contribution in [3.8, 4) is 0 Å². The Bertz CT molecular complexity index is 391. The van der Waals surface area contributed by atoms with Crippen LogP contribution >= 0.6 is 11.3 Å². The van der Waals surface area contributed by atoms with Gasteiger partial charge < -0.3 is 5.11 Å². The van der Waals surface area contributed by atoms with Crippen molar-refractivity contribution in [3.05, 3.63) is 28.7 Å². The maximum Gasteiger partial charge on any atom is 0.305 e. The number of nitrogens with zero attached hydrogens (tertiary/aromatic N) is 4. The third-order valence-corrected chi connectivity index (χ3v) is 2.68. The van der Waals surface area contributed by atoms with E-state index >= 15 is 0 Å². The summed E-state index contributed by atoms with van der Waals surface area (Å²) in [5, 5.41) is 23.3. The topological polar surface area (TPSA) is 80.9 Å². The smallest absolute Gasteiger partial charge is 0.305 e. The molecule has 0 aliphatic heterocycles. The molecule has 0 fully saturated rings. The van der Waals surface area contributed by atoms with Crippen molar-refractivity contribution in [3.63, 3.8) is 0 Å². The zero-order valence-corrected chi connectivity index (χ0v) is 8.46. The lowest BCUT2D eigenvalue weighted by Crippen LogP contribution is -2.15. The van der Waals surface area contributed by atoms with Gasteiger partial charge >= 0.3 is 5.97 Å². The molecule has 1 atom stereocenters. The number of thiophene rings is 1. The third-order valence-electron chi connectivity index (χ3n) is 1.98. The summed E-state index contributed by atoms with van der Waals surface area (Å²) >= 11 is 1.52. The first-order valence-electron chi connectivity index (χ1n) is 4.23. The quantitative estimate of drug-likeness (QED) is 0.830. The van der Waals surface area contributed by atoms with Gasteiger partial charge in [-0.25, -0.2) is 4.68 Å². The standard InChI is InChI=1S/C8H8N4O2S/c13-8(14)3-7(6-1-2-15-4-6)12-5-9-10-11-12/h1-2,4-5,7H,3H2,(H,13,14)/t7-/m1/s1. The lowest BCUT2D eigenvalue weighted by molar-refractivity contribution is -0.137. The van der Waals surface area contributed by atoms with Crippen LogP contribution in [0.1, 0.15) is 18.0 Å². The molecule has 15 heavy (non-hydrogen) atoms. The Hall–Kier alpha value is -1.76. The number of hydrogen-bond acceptors (Lipinski definition) is 5. The number of carbonyl (C=O) groups is 1. The van der Waals surface area contributed by atoms with Crippen LogP contribution < -0.4 is 0 Å². The molecule has 2 aromatic rings. The number of aliphatic carboxylic acids is 1. The van der Waals surface area contributed by atoms with E-state index in [2.05, 4.69) is 15.5 Å². The van der Waals surface area contributed by atoms with Gasteiger partial charge in [-0.2, -0.15) is 11.3 Å². The molecular weight excluding hydrogens is 216 g/mol. The molecule has 2 aromatic heterocycles. The van der Waals surface area contributed by atoms with Crippen LogP contribution in [0.5, 0.6) is 0 Å². The van der Waals surface area contributed by atoms with Crippen molar-refractivity contribution in [1.82, 2.24) is 20.2 Å². The normalized spacial score (nSPS) is 12.5. The van der Waals surface area contributed by atoms with Crippen molar-refractivity contribution in [1.29, 1.82) is 0 Å². The molecule has 0 spiro atoms. The summed E-state index contributed by atoms with van der Waals surface area (Å²) in [6, 6.07) is 1.55. The van der Waals surface area contributed by atoms with Crippen LogP contribution in [0.4, 0.5) is 0 Å². The predicted molar refractivity (Wildman–Crippen MR) is 52.5 cm³/mol. The minimum Gasteiger partial charge on any atom is -0.481 e. The molecule has 0 aliphatic rings. The molecule has 0 saturated heterocycles. The monoisotopic (exact) mass is 224 g/mol. The molecule has 7 heteroatoms. The zero-order chi connectivity index (χ0) is 10.7. The Morgan fingerprint density at radius 1 is 1.67 bits per heavy atom. The van der Waals surface area contributed by atoms with Crippen LogP contribution in [0.2, 0.25) is 0 Å². The zero-order valence-electron chi connectivity index (χ0n) is 7.65. The highest BCUT2D eigenvalue weighted by atomic mass is 32.1.